The number of benzene rings is 4. The highest BCUT2D eigenvalue weighted by atomic mass is 16.3. The number of aliphatic hydroxyl groups is 1. The van der Waals surface area contributed by atoms with Crippen LogP contribution in [-0.4, -0.2) is 21.9 Å². The normalized spacial score (nSPS) is 11.2. The first-order valence-corrected chi connectivity index (χ1v) is 12.3. The van der Waals surface area contributed by atoms with E-state index in [1.54, 1.807) is 66.7 Å². The molecule has 0 fully saturated rings. The van der Waals surface area contributed by atoms with Crippen LogP contribution in [0.2, 0.25) is 0 Å². The summed E-state index contributed by atoms with van der Waals surface area (Å²) in [6, 6.07) is 33.9. The molecule has 38 heavy (non-hydrogen) atoms. The standard InChI is InChI=1S/C32H27N3O3/c1-22-10-8-15-26(20-22)32(38,27-16-9-11-23(2)21-27)31(37)34-35(30(36)25-13-4-3-5-14-25)29-19-18-24-12-6-7-17-28(24)33-29/h3-21,38H,1-2H3,(H,34,37). The molecule has 0 saturated carbocycles. The molecular weight excluding hydrogens is 474 g/mol. The lowest BCUT2D eigenvalue weighted by Crippen LogP contribution is -2.55. The minimum atomic E-state index is -2.08. The molecule has 0 aliphatic heterocycles. The Hall–Kier alpha value is -4.81. The van der Waals surface area contributed by atoms with Crippen LogP contribution in [0.4, 0.5) is 5.82 Å². The Morgan fingerprint density at radius 2 is 1.34 bits per heavy atom. The van der Waals surface area contributed by atoms with Gasteiger partial charge in [0.1, 0.15) is 0 Å². The summed E-state index contributed by atoms with van der Waals surface area (Å²) in [6.07, 6.45) is 0. The summed E-state index contributed by atoms with van der Waals surface area (Å²) in [5, 5.41) is 14.1. The molecule has 188 valence electrons. The zero-order valence-corrected chi connectivity index (χ0v) is 21.1. The number of rotatable bonds is 5. The second-order valence-corrected chi connectivity index (χ2v) is 9.26. The van der Waals surface area contributed by atoms with Gasteiger partial charge in [-0.2, -0.15) is 5.01 Å². The number of pyridine rings is 1. The quantitative estimate of drug-likeness (QED) is 0.313. The van der Waals surface area contributed by atoms with Crippen LogP contribution < -0.4 is 10.4 Å². The van der Waals surface area contributed by atoms with Gasteiger partial charge < -0.3 is 5.11 Å². The number of para-hydroxylation sites is 1. The molecule has 1 aromatic heterocycles. The third-order valence-electron chi connectivity index (χ3n) is 6.45. The van der Waals surface area contributed by atoms with Gasteiger partial charge in [-0.1, -0.05) is 96.1 Å². The molecule has 2 N–H and O–H groups in total. The maximum Gasteiger partial charge on any atom is 0.280 e. The minimum absolute atomic E-state index is 0.224. The Bertz CT molecular complexity index is 1590. The van der Waals surface area contributed by atoms with Crippen LogP contribution in [0.3, 0.4) is 0 Å². The number of carbonyl (C=O) groups is 2. The highest BCUT2D eigenvalue weighted by Gasteiger charge is 2.42. The van der Waals surface area contributed by atoms with E-state index in [0.29, 0.717) is 22.2 Å². The van der Waals surface area contributed by atoms with E-state index in [4.69, 9.17) is 0 Å². The van der Waals surface area contributed by atoms with Crippen molar-refractivity contribution in [2.24, 2.45) is 0 Å². The van der Waals surface area contributed by atoms with E-state index >= 15 is 0 Å². The number of aryl methyl sites for hydroxylation is 2. The second-order valence-electron chi connectivity index (χ2n) is 9.26. The van der Waals surface area contributed by atoms with Gasteiger partial charge in [-0.15, -0.1) is 0 Å². The fraction of sp³-hybridized carbons (Fsp3) is 0.0938. The smallest absolute Gasteiger partial charge is 0.280 e. The van der Waals surface area contributed by atoms with Crippen LogP contribution in [-0.2, 0) is 10.4 Å². The van der Waals surface area contributed by atoms with Gasteiger partial charge in [0.2, 0.25) is 0 Å². The molecular formula is C32H27N3O3. The molecule has 0 saturated heterocycles. The summed E-state index contributed by atoms with van der Waals surface area (Å²) < 4.78 is 0. The molecule has 5 aromatic rings. The molecule has 2 amide bonds. The zero-order valence-electron chi connectivity index (χ0n) is 21.1. The van der Waals surface area contributed by atoms with Crippen molar-refractivity contribution in [2.45, 2.75) is 19.4 Å². The molecule has 0 unspecified atom stereocenters. The van der Waals surface area contributed by atoms with Crippen molar-refractivity contribution >= 4 is 28.5 Å². The van der Waals surface area contributed by atoms with Crippen LogP contribution in [0, 0.1) is 13.8 Å². The lowest BCUT2D eigenvalue weighted by Gasteiger charge is -2.32. The van der Waals surface area contributed by atoms with Gasteiger partial charge in [-0.05, 0) is 55.3 Å². The fourth-order valence-electron chi connectivity index (χ4n) is 4.45. The van der Waals surface area contributed by atoms with Crippen LogP contribution in [0.25, 0.3) is 10.9 Å². The Kier molecular flexibility index (Phi) is 6.73. The van der Waals surface area contributed by atoms with E-state index in [2.05, 4.69) is 10.4 Å². The number of amides is 2. The van der Waals surface area contributed by atoms with Crippen molar-refractivity contribution < 1.29 is 14.7 Å². The second kappa shape index (κ2) is 10.3. The summed E-state index contributed by atoms with van der Waals surface area (Å²) in [7, 11) is 0. The van der Waals surface area contributed by atoms with Crippen molar-refractivity contribution in [2.75, 3.05) is 5.01 Å². The summed E-state index contributed by atoms with van der Waals surface area (Å²) >= 11 is 0. The maximum absolute atomic E-state index is 14.1. The average molecular weight is 502 g/mol. The van der Waals surface area contributed by atoms with Crippen molar-refractivity contribution in [3.8, 4) is 0 Å². The first-order valence-electron chi connectivity index (χ1n) is 12.3. The van der Waals surface area contributed by atoms with Gasteiger partial charge in [0, 0.05) is 10.9 Å². The Morgan fingerprint density at radius 3 is 1.97 bits per heavy atom. The number of fused-ring (bicyclic) bond motifs is 1. The van der Waals surface area contributed by atoms with Gasteiger partial charge in [-0.25, -0.2) is 4.98 Å². The topological polar surface area (TPSA) is 82.5 Å². The number of hydrogen-bond acceptors (Lipinski definition) is 4. The first kappa shape index (κ1) is 24.9. The SMILES string of the molecule is Cc1cccc(C(O)(C(=O)NN(C(=O)c2ccccc2)c2ccc3ccccc3n2)c2cccc(C)c2)c1. The molecule has 0 bridgehead atoms. The lowest BCUT2D eigenvalue weighted by atomic mass is 9.84. The number of carbonyl (C=O) groups excluding carboxylic acids is 2. The van der Waals surface area contributed by atoms with Crippen LogP contribution in [0.5, 0.6) is 0 Å². The Balaban J connectivity index is 1.63. The van der Waals surface area contributed by atoms with Crippen LogP contribution in [0.1, 0.15) is 32.6 Å². The van der Waals surface area contributed by atoms with Crippen molar-refractivity contribution in [1.29, 1.82) is 0 Å². The largest absolute Gasteiger partial charge is 0.372 e. The average Bonchev–Trinajstić information content (AvgIpc) is 2.95. The zero-order chi connectivity index (χ0) is 26.7. The van der Waals surface area contributed by atoms with Gasteiger partial charge >= 0.3 is 0 Å². The number of aromatic nitrogens is 1. The number of nitrogens with zero attached hydrogens (tertiary/aromatic N) is 2. The molecule has 0 atom stereocenters. The lowest BCUT2D eigenvalue weighted by molar-refractivity contribution is -0.136. The molecule has 1 heterocycles. The third kappa shape index (κ3) is 4.77. The van der Waals surface area contributed by atoms with Crippen LogP contribution >= 0.6 is 0 Å². The van der Waals surface area contributed by atoms with E-state index in [9.17, 15) is 14.7 Å². The molecule has 0 aliphatic carbocycles. The summed E-state index contributed by atoms with van der Waals surface area (Å²) in [5.74, 6) is -1.05. The number of nitrogens with one attached hydrogen (secondary N) is 1. The molecule has 0 aliphatic rings. The fourth-order valence-corrected chi connectivity index (χ4v) is 4.45. The molecule has 4 aromatic carbocycles. The molecule has 6 nitrogen and oxygen atoms in total. The summed E-state index contributed by atoms with van der Waals surface area (Å²) in [6.45, 7) is 3.78. The first-order chi connectivity index (χ1) is 18.4. The Morgan fingerprint density at radius 1 is 0.737 bits per heavy atom. The molecule has 0 spiro atoms. The van der Waals surface area contributed by atoms with Gasteiger partial charge in [-0.3, -0.25) is 15.0 Å². The minimum Gasteiger partial charge on any atom is -0.372 e. The van der Waals surface area contributed by atoms with Crippen molar-refractivity contribution in [3.63, 3.8) is 0 Å². The molecule has 0 radical (unpaired) electrons. The predicted octanol–water partition coefficient (Wildman–Crippen LogP) is 5.47. The van der Waals surface area contributed by atoms with Gasteiger partial charge in [0.15, 0.2) is 11.4 Å². The predicted molar refractivity (Wildman–Crippen MR) is 148 cm³/mol. The highest BCUT2D eigenvalue weighted by molar-refractivity contribution is 6.08. The van der Waals surface area contributed by atoms with E-state index in [-0.39, 0.29) is 5.82 Å². The van der Waals surface area contributed by atoms with Gasteiger partial charge in [0.25, 0.3) is 11.8 Å². The maximum atomic E-state index is 14.1. The third-order valence-corrected chi connectivity index (χ3v) is 6.45. The number of anilines is 1. The van der Waals surface area contributed by atoms with E-state index in [1.165, 1.54) is 0 Å². The van der Waals surface area contributed by atoms with Crippen LogP contribution in [0.15, 0.2) is 115 Å². The van der Waals surface area contributed by atoms with E-state index < -0.39 is 17.4 Å². The molecule has 5 rings (SSSR count). The summed E-state index contributed by atoms with van der Waals surface area (Å²) in [5.41, 5.74) is 4.19. The monoisotopic (exact) mass is 501 g/mol. The van der Waals surface area contributed by atoms with Gasteiger partial charge in [0.05, 0.1) is 5.52 Å². The van der Waals surface area contributed by atoms with Crippen molar-refractivity contribution in [3.05, 3.63) is 143 Å². The molecule has 6 heteroatoms. The number of hydrogen-bond donors (Lipinski definition) is 2. The number of hydrazine groups is 1. The van der Waals surface area contributed by atoms with Crippen molar-refractivity contribution in [1.82, 2.24) is 10.4 Å². The Labute approximate surface area is 221 Å². The van der Waals surface area contributed by atoms with E-state index in [0.717, 1.165) is 21.5 Å². The van der Waals surface area contributed by atoms with E-state index in [1.807, 2.05) is 62.4 Å². The summed E-state index contributed by atoms with van der Waals surface area (Å²) in [4.78, 5) is 32.4. The highest BCUT2D eigenvalue weighted by Crippen LogP contribution is 2.32.